The number of fused-ring (bicyclic) bond motifs is 1. The van der Waals surface area contributed by atoms with Gasteiger partial charge in [0, 0.05) is 11.1 Å². The molecular formula is C18H17NO2. The Bertz CT molecular complexity index is 810. The molecule has 0 saturated heterocycles. The Labute approximate surface area is 123 Å². The molecule has 1 N–H and O–H groups in total. The van der Waals surface area contributed by atoms with Crippen LogP contribution in [0.2, 0.25) is 0 Å². The number of benzene rings is 2. The highest BCUT2D eigenvalue weighted by Crippen LogP contribution is 2.23. The number of carbonyl (C=O) groups excluding carboxylic acids is 1. The summed E-state index contributed by atoms with van der Waals surface area (Å²) in [6, 6.07) is 13.6. The number of furan rings is 1. The van der Waals surface area contributed by atoms with Gasteiger partial charge in [-0.1, -0.05) is 24.3 Å². The molecule has 0 aliphatic heterocycles. The monoisotopic (exact) mass is 279 g/mol. The van der Waals surface area contributed by atoms with Gasteiger partial charge in [-0.2, -0.15) is 0 Å². The number of hydrogen-bond donors (Lipinski definition) is 1. The molecule has 3 aromatic rings. The third-order valence-electron chi connectivity index (χ3n) is 3.44. The lowest BCUT2D eigenvalue weighted by molar-refractivity contribution is 0.0998. The zero-order valence-corrected chi connectivity index (χ0v) is 12.4. The van der Waals surface area contributed by atoms with Gasteiger partial charge in [0.2, 0.25) is 0 Å². The van der Waals surface area contributed by atoms with Gasteiger partial charge in [-0.3, -0.25) is 4.79 Å². The van der Waals surface area contributed by atoms with Crippen molar-refractivity contribution in [3.63, 3.8) is 0 Å². The van der Waals surface area contributed by atoms with Crippen LogP contribution in [0.3, 0.4) is 0 Å². The number of nitrogens with one attached hydrogen (secondary N) is 1. The van der Waals surface area contributed by atoms with Gasteiger partial charge in [0.15, 0.2) is 5.76 Å². The van der Waals surface area contributed by atoms with Crippen molar-refractivity contribution < 1.29 is 9.21 Å². The molecule has 0 atom stereocenters. The molecule has 0 unspecified atom stereocenters. The summed E-state index contributed by atoms with van der Waals surface area (Å²) in [4.78, 5) is 12.3. The summed E-state index contributed by atoms with van der Waals surface area (Å²) in [5.41, 5.74) is 4.81. The van der Waals surface area contributed by atoms with E-state index in [2.05, 4.69) is 11.4 Å². The van der Waals surface area contributed by atoms with Crippen LogP contribution in [0.1, 0.15) is 27.2 Å². The summed E-state index contributed by atoms with van der Waals surface area (Å²) in [5, 5.41) is 3.83. The molecule has 3 nitrogen and oxygen atoms in total. The van der Waals surface area contributed by atoms with Gasteiger partial charge in [0.1, 0.15) is 5.58 Å². The average molecular weight is 279 g/mol. The van der Waals surface area contributed by atoms with Gasteiger partial charge in [0.25, 0.3) is 5.91 Å². The lowest BCUT2D eigenvalue weighted by Crippen LogP contribution is -2.11. The number of rotatable bonds is 2. The van der Waals surface area contributed by atoms with E-state index in [0.29, 0.717) is 5.76 Å². The summed E-state index contributed by atoms with van der Waals surface area (Å²) in [6.45, 7) is 5.98. The molecule has 3 heteroatoms. The Morgan fingerprint density at radius 1 is 1.00 bits per heavy atom. The molecule has 2 aromatic carbocycles. The Balaban J connectivity index is 1.91. The highest BCUT2D eigenvalue weighted by molar-refractivity contribution is 6.04. The van der Waals surface area contributed by atoms with Gasteiger partial charge in [-0.25, -0.2) is 0 Å². The van der Waals surface area contributed by atoms with E-state index in [-0.39, 0.29) is 5.91 Å². The Hall–Kier alpha value is -2.55. The predicted molar refractivity (Wildman–Crippen MR) is 84.8 cm³/mol. The maximum absolute atomic E-state index is 12.3. The van der Waals surface area contributed by atoms with Gasteiger partial charge in [-0.05, 0) is 55.7 Å². The quantitative estimate of drug-likeness (QED) is 0.744. The lowest BCUT2D eigenvalue weighted by Gasteiger charge is -2.05. The van der Waals surface area contributed by atoms with E-state index in [1.165, 1.54) is 0 Å². The fraction of sp³-hybridized carbons (Fsp3) is 0.167. The van der Waals surface area contributed by atoms with Crippen LogP contribution >= 0.6 is 0 Å². The van der Waals surface area contributed by atoms with Crippen LogP contribution in [0, 0.1) is 20.8 Å². The van der Waals surface area contributed by atoms with E-state index in [1.807, 2.05) is 51.1 Å². The van der Waals surface area contributed by atoms with Crippen LogP contribution in [0.5, 0.6) is 0 Å². The van der Waals surface area contributed by atoms with Crippen molar-refractivity contribution >= 4 is 22.6 Å². The minimum Gasteiger partial charge on any atom is -0.451 e. The smallest absolute Gasteiger partial charge is 0.291 e. The van der Waals surface area contributed by atoms with Crippen molar-refractivity contribution in [3.05, 3.63) is 64.9 Å². The van der Waals surface area contributed by atoms with Crippen LogP contribution < -0.4 is 5.32 Å². The molecule has 21 heavy (non-hydrogen) atoms. The molecule has 0 aliphatic rings. The van der Waals surface area contributed by atoms with E-state index >= 15 is 0 Å². The largest absolute Gasteiger partial charge is 0.451 e. The Morgan fingerprint density at radius 3 is 2.38 bits per heavy atom. The fourth-order valence-electron chi connectivity index (χ4n) is 2.56. The van der Waals surface area contributed by atoms with Gasteiger partial charge >= 0.3 is 0 Å². The molecule has 0 spiro atoms. The zero-order valence-electron chi connectivity index (χ0n) is 12.4. The van der Waals surface area contributed by atoms with E-state index in [1.54, 1.807) is 6.07 Å². The molecule has 0 bridgehead atoms. The molecule has 0 saturated carbocycles. The Kier molecular flexibility index (Phi) is 3.26. The first-order valence-corrected chi connectivity index (χ1v) is 6.92. The van der Waals surface area contributed by atoms with E-state index < -0.39 is 0 Å². The normalized spacial score (nSPS) is 10.8. The number of amides is 1. The highest BCUT2D eigenvalue weighted by Gasteiger charge is 2.13. The highest BCUT2D eigenvalue weighted by atomic mass is 16.3. The second-order valence-corrected chi connectivity index (χ2v) is 5.43. The topological polar surface area (TPSA) is 42.2 Å². The van der Waals surface area contributed by atoms with E-state index in [4.69, 9.17) is 4.42 Å². The first-order valence-electron chi connectivity index (χ1n) is 6.92. The minimum atomic E-state index is -0.226. The summed E-state index contributed by atoms with van der Waals surface area (Å²) < 4.78 is 5.68. The standard InChI is InChI=1S/C18H17NO2/c1-11-7-12(2)9-15(8-11)19-18(20)16-10-14-6-4-5-13(3)17(14)21-16/h4-10H,1-3H3,(H,19,20). The van der Waals surface area contributed by atoms with Crippen LogP contribution in [0.15, 0.2) is 46.9 Å². The average Bonchev–Trinajstić information content (AvgIpc) is 2.83. The van der Waals surface area contributed by atoms with Crippen LogP contribution in [0.25, 0.3) is 11.0 Å². The zero-order chi connectivity index (χ0) is 15.0. The number of anilines is 1. The van der Waals surface area contributed by atoms with Gasteiger partial charge in [0.05, 0.1) is 0 Å². The van der Waals surface area contributed by atoms with Crippen LogP contribution in [0.4, 0.5) is 5.69 Å². The number of aryl methyl sites for hydroxylation is 3. The molecule has 0 aliphatic carbocycles. The van der Waals surface area contributed by atoms with Gasteiger partial charge in [-0.15, -0.1) is 0 Å². The third kappa shape index (κ3) is 2.68. The van der Waals surface area contributed by atoms with E-state index in [0.717, 1.165) is 33.3 Å². The van der Waals surface area contributed by atoms with Crippen LogP contribution in [-0.2, 0) is 0 Å². The fourth-order valence-corrected chi connectivity index (χ4v) is 2.56. The summed E-state index contributed by atoms with van der Waals surface area (Å²) in [5.74, 6) is 0.106. The first-order chi connectivity index (χ1) is 10.0. The molecule has 0 radical (unpaired) electrons. The second kappa shape index (κ2) is 5.09. The molecule has 0 fully saturated rings. The summed E-state index contributed by atoms with van der Waals surface area (Å²) in [6.07, 6.45) is 0. The Morgan fingerprint density at radius 2 is 1.71 bits per heavy atom. The van der Waals surface area contributed by atoms with Crippen molar-refractivity contribution in [2.45, 2.75) is 20.8 Å². The molecule has 1 aromatic heterocycles. The number of carbonyl (C=O) groups is 1. The van der Waals surface area contributed by atoms with Crippen molar-refractivity contribution in [2.75, 3.05) is 5.32 Å². The molecule has 3 rings (SSSR count). The number of hydrogen-bond acceptors (Lipinski definition) is 2. The third-order valence-corrected chi connectivity index (χ3v) is 3.44. The van der Waals surface area contributed by atoms with Gasteiger partial charge < -0.3 is 9.73 Å². The summed E-state index contributed by atoms with van der Waals surface area (Å²) >= 11 is 0. The molecular weight excluding hydrogens is 262 g/mol. The van der Waals surface area contributed by atoms with Crippen molar-refractivity contribution in [2.24, 2.45) is 0 Å². The lowest BCUT2D eigenvalue weighted by atomic mass is 10.1. The first kappa shape index (κ1) is 13.4. The SMILES string of the molecule is Cc1cc(C)cc(NC(=O)c2cc3cccc(C)c3o2)c1. The molecule has 1 heterocycles. The van der Waals surface area contributed by atoms with Crippen molar-refractivity contribution in [1.29, 1.82) is 0 Å². The second-order valence-electron chi connectivity index (χ2n) is 5.43. The molecule has 106 valence electrons. The van der Waals surface area contributed by atoms with E-state index in [9.17, 15) is 4.79 Å². The van der Waals surface area contributed by atoms with Crippen molar-refractivity contribution in [3.8, 4) is 0 Å². The maximum atomic E-state index is 12.3. The van der Waals surface area contributed by atoms with Crippen LogP contribution in [-0.4, -0.2) is 5.91 Å². The maximum Gasteiger partial charge on any atom is 0.291 e. The van der Waals surface area contributed by atoms with Crippen molar-refractivity contribution in [1.82, 2.24) is 0 Å². The molecule has 1 amide bonds. The summed E-state index contributed by atoms with van der Waals surface area (Å²) in [7, 11) is 0. The predicted octanol–water partition coefficient (Wildman–Crippen LogP) is 4.61. The number of para-hydroxylation sites is 1. The minimum absolute atomic E-state index is 0.226.